The van der Waals surface area contributed by atoms with Crippen LogP contribution in [0.1, 0.15) is 26.3 Å². The third-order valence-corrected chi connectivity index (χ3v) is 12.0. The van der Waals surface area contributed by atoms with E-state index in [1.54, 1.807) is 6.07 Å². The molecule has 0 atom stereocenters. The first kappa shape index (κ1) is 20.6. The van der Waals surface area contributed by atoms with Gasteiger partial charge < -0.3 is 4.43 Å². The molecule has 2 rings (SSSR count). The molecular formula is C17H25BrN2O3SSi. The van der Waals surface area contributed by atoms with Gasteiger partial charge in [-0.2, -0.15) is 9.57 Å². The first-order valence-electron chi connectivity index (χ1n) is 8.22. The Hall–Kier alpha value is -0.723. The molecule has 1 aromatic carbocycles. The smallest absolute Gasteiger partial charge is 0.244 e. The summed E-state index contributed by atoms with van der Waals surface area (Å²) in [7, 11) is -5.47. The van der Waals surface area contributed by atoms with Crippen LogP contribution >= 0.6 is 15.9 Å². The van der Waals surface area contributed by atoms with Gasteiger partial charge >= 0.3 is 0 Å². The van der Waals surface area contributed by atoms with Gasteiger partial charge in [-0.1, -0.05) is 36.7 Å². The van der Waals surface area contributed by atoms with Gasteiger partial charge in [-0.3, -0.25) is 0 Å². The highest BCUT2D eigenvalue weighted by Gasteiger charge is 2.41. The molecule has 1 aliphatic rings. The van der Waals surface area contributed by atoms with E-state index >= 15 is 0 Å². The fourth-order valence-electron chi connectivity index (χ4n) is 2.31. The Morgan fingerprint density at radius 2 is 1.96 bits per heavy atom. The highest BCUT2D eigenvalue weighted by molar-refractivity contribution is 9.10. The van der Waals surface area contributed by atoms with Crippen LogP contribution in [0.4, 0.5) is 0 Å². The third kappa shape index (κ3) is 4.34. The number of hydrogen-bond acceptors (Lipinski definition) is 4. The Labute approximate surface area is 160 Å². The largest absolute Gasteiger partial charge is 0.416 e. The van der Waals surface area contributed by atoms with Crippen LogP contribution < -0.4 is 0 Å². The lowest BCUT2D eigenvalue weighted by Crippen LogP contribution is -2.53. The number of rotatable bonds is 5. The fourth-order valence-corrected chi connectivity index (χ4v) is 5.67. The lowest BCUT2D eigenvalue weighted by Gasteiger charge is -2.42. The van der Waals surface area contributed by atoms with E-state index in [1.165, 1.54) is 16.4 Å². The highest BCUT2D eigenvalue weighted by Crippen LogP contribution is 2.37. The normalized spacial score (nSPS) is 17.2. The number of benzene rings is 1. The average Bonchev–Trinajstić information content (AvgIpc) is 2.44. The standard InChI is InChI=1S/C17H25BrN2O3SSi/c1-17(2,3)25(4,5)23-12-13-10-20(11-13)24(21,22)16-8-15(18)7-6-14(16)9-19/h6-8,13H,10-12H2,1-5H3. The molecule has 1 aromatic rings. The minimum atomic E-state index is -3.65. The van der Waals surface area contributed by atoms with Gasteiger partial charge in [0.1, 0.15) is 11.0 Å². The first-order valence-corrected chi connectivity index (χ1v) is 13.4. The Morgan fingerprint density at radius 3 is 2.48 bits per heavy atom. The summed E-state index contributed by atoms with van der Waals surface area (Å²) in [6, 6.07) is 6.65. The molecule has 8 heteroatoms. The molecular weight excluding hydrogens is 420 g/mol. The van der Waals surface area contributed by atoms with Gasteiger partial charge in [0.25, 0.3) is 0 Å². The summed E-state index contributed by atoms with van der Waals surface area (Å²) in [5.41, 5.74) is 0.171. The summed E-state index contributed by atoms with van der Waals surface area (Å²) in [6.45, 7) is 12.4. The van der Waals surface area contributed by atoms with E-state index in [4.69, 9.17) is 4.43 Å². The molecule has 0 aromatic heterocycles. The van der Waals surface area contributed by atoms with Crippen molar-refractivity contribution in [3.63, 3.8) is 0 Å². The van der Waals surface area contributed by atoms with Crippen LogP contribution in [0.5, 0.6) is 0 Å². The Balaban J connectivity index is 2.03. The van der Waals surface area contributed by atoms with Gasteiger partial charge in [-0.25, -0.2) is 8.42 Å². The quantitative estimate of drug-likeness (QED) is 0.644. The topological polar surface area (TPSA) is 70.4 Å². The van der Waals surface area contributed by atoms with Crippen molar-refractivity contribution < 1.29 is 12.8 Å². The summed E-state index contributed by atoms with van der Waals surface area (Å²) in [5, 5.41) is 9.32. The summed E-state index contributed by atoms with van der Waals surface area (Å²) < 4.78 is 33.8. The zero-order valence-corrected chi connectivity index (χ0v) is 18.7. The molecule has 1 aliphatic heterocycles. The Bertz CT molecular complexity index is 791. The molecule has 1 saturated heterocycles. The number of halogens is 1. The second-order valence-corrected chi connectivity index (χ2v) is 15.6. The number of hydrogen-bond donors (Lipinski definition) is 0. The van der Waals surface area contributed by atoms with Gasteiger partial charge in [0.05, 0.1) is 5.56 Å². The molecule has 25 heavy (non-hydrogen) atoms. The van der Waals surface area contributed by atoms with Crippen molar-refractivity contribution in [1.82, 2.24) is 4.31 Å². The molecule has 1 heterocycles. The maximum absolute atomic E-state index is 12.8. The highest BCUT2D eigenvalue weighted by atomic mass is 79.9. The predicted octanol–water partition coefficient (Wildman–Crippen LogP) is 3.96. The zero-order chi connectivity index (χ0) is 19.0. The minimum Gasteiger partial charge on any atom is -0.416 e. The van der Waals surface area contributed by atoms with E-state index in [1.807, 2.05) is 6.07 Å². The van der Waals surface area contributed by atoms with Crippen molar-refractivity contribution in [2.75, 3.05) is 19.7 Å². The van der Waals surface area contributed by atoms with E-state index in [0.717, 1.165) is 0 Å². The van der Waals surface area contributed by atoms with Crippen LogP contribution in [-0.2, 0) is 14.4 Å². The van der Waals surface area contributed by atoms with Crippen LogP contribution in [-0.4, -0.2) is 40.7 Å². The zero-order valence-electron chi connectivity index (χ0n) is 15.3. The molecule has 0 radical (unpaired) electrons. The van der Waals surface area contributed by atoms with Crippen LogP contribution in [0.15, 0.2) is 27.6 Å². The lowest BCUT2D eigenvalue weighted by atomic mass is 10.1. The van der Waals surface area contributed by atoms with Gasteiger partial charge in [-0.05, 0) is 36.3 Å². The monoisotopic (exact) mass is 444 g/mol. The second kappa shape index (κ2) is 7.12. The van der Waals surface area contributed by atoms with Crippen LogP contribution in [0.3, 0.4) is 0 Å². The van der Waals surface area contributed by atoms with Crippen molar-refractivity contribution in [2.45, 2.75) is 43.8 Å². The minimum absolute atomic E-state index is 0.0631. The van der Waals surface area contributed by atoms with Gasteiger partial charge in [-0.15, -0.1) is 0 Å². The van der Waals surface area contributed by atoms with Crippen molar-refractivity contribution in [3.8, 4) is 6.07 Å². The maximum Gasteiger partial charge on any atom is 0.244 e. The maximum atomic E-state index is 12.8. The van der Waals surface area contributed by atoms with Gasteiger partial charge in [0.2, 0.25) is 10.0 Å². The van der Waals surface area contributed by atoms with Crippen molar-refractivity contribution in [2.24, 2.45) is 5.92 Å². The molecule has 0 N–H and O–H groups in total. The Morgan fingerprint density at radius 1 is 1.36 bits per heavy atom. The van der Waals surface area contributed by atoms with Gasteiger partial charge in [0.15, 0.2) is 8.32 Å². The Kier molecular flexibility index (Phi) is 5.86. The van der Waals surface area contributed by atoms with Crippen molar-refractivity contribution in [3.05, 3.63) is 28.2 Å². The molecule has 0 unspecified atom stereocenters. The molecule has 0 amide bonds. The molecule has 0 spiro atoms. The summed E-state index contributed by atoms with van der Waals surface area (Å²) in [5.74, 6) is 0.210. The number of nitriles is 1. The second-order valence-electron chi connectivity index (χ2n) is 8.01. The summed E-state index contributed by atoms with van der Waals surface area (Å²) >= 11 is 3.28. The first-order chi connectivity index (χ1) is 11.4. The van der Waals surface area contributed by atoms with E-state index in [2.05, 4.69) is 49.8 Å². The molecule has 1 fully saturated rings. The van der Waals surface area contributed by atoms with E-state index in [9.17, 15) is 13.7 Å². The molecule has 5 nitrogen and oxygen atoms in total. The fraction of sp³-hybridized carbons (Fsp3) is 0.588. The number of sulfonamides is 1. The average molecular weight is 445 g/mol. The summed E-state index contributed by atoms with van der Waals surface area (Å²) in [4.78, 5) is 0.0631. The van der Waals surface area contributed by atoms with E-state index in [0.29, 0.717) is 24.2 Å². The SMILES string of the molecule is CC(C)(C)[Si](C)(C)OCC1CN(S(=O)(=O)c2cc(Br)ccc2C#N)C1. The molecule has 0 saturated carbocycles. The summed E-state index contributed by atoms with van der Waals surface area (Å²) in [6.07, 6.45) is 0. The van der Waals surface area contributed by atoms with Crippen LogP contribution in [0.25, 0.3) is 0 Å². The molecule has 0 aliphatic carbocycles. The third-order valence-electron chi connectivity index (χ3n) is 5.09. The predicted molar refractivity (Wildman–Crippen MR) is 104 cm³/mol. The van der Waals surface area contributed by atoms with Crippen LogP contribution in [0, 0.1) is 17.2 Å². The van der Waals surface area contributed by atoms with Crippen molar-refractivity contribution >= 4 is 34.3 Å². The van der Waals surface area contributed by atoms with Crippen LogP contribution in [0.2, 0.25) is 18.1 Å². The van der Waals surface area contributed by atoms with Gasteiger partial charge in [0, 0.05) is 30.1 Å². The number of nitrogens with zero attached hydrogens (tertiary/aromatic N) is 2. The molecule has 0 bridgehead atoms. The van der Waals surface area contributed by atoms with Crippen molar-refractivity contribution in [1.29, 1.82) is 5.26 Å². The lowest BCUT2D eigenvalue weighted by molar-refractivity contribution is 0.121. The molecule has 138 valence electrons. The van der Waals surface area contributed by atoms with E-state index in [-0.39, 0.29) is 21.4 Å². The van der Waals surface area contributed by atoms with E-state index < -0.39 is 18.3 Å².